The second kappa shape index (κ2) is 9.61. The van der Waals surface area contributed by atoms with E-state index >= 15 is 0 Å². The molecule has 0 saturated heterocycles. The highest BCUT2D eigenvalue weighted by Crippen LogP contribution is 2.20. The first-order valence-corrected chi connectivity index (χ1v) is 7.43. The van der Waals surface area contributed by atoms with E-state index in [1.807, 2.05) is 19.1 Å². The molecule has 0 radical (unpaired) electrons. The minimum Gasteiger partial charge on any atom is -0.469 e. The largest absolute Gasteiger partial charge is 0.469 e. The average Bonchev–Trinajstić information content (AvgIpc) is 3.18. The third-order valence-corrected chi connectivity index (χ3v) is 3.19. The maximum Gasteiger partial charge on any atom is 0.191 e. The van der Waals surface area contributed by atoms with Crippen LogP contribution in [-0.2, 0) is 12.0 Å². The number of hydrogen-bond acceptors (Lipinski definition) is 4. The highest BCUT2D eigenvalue weighted by Gasteiger charge is 2.25. The van der Waals surface area contributed by atoms with E-state index in [1.165, 1.54) is 0 Å². The van der Waals surface area contributed by atoms with E-state index < -0.39 is 5.60 Å². The molecule has 1 unspecified atom stereocenters. The zero-order valence-corrected chi connectivity index (χ0v) is 15.7. The third-order valence-electron chi connectivity index (χ3n) is 3.19. The second-order valence-corrected chi connectivity index (χ2v) is 5.20. The predicted molar refractivity (Wildman–Crippen MR) is 100 cm³/mol. The monoisotopic (exact) mass is 433 g/mol. The maximum atomic E-state index is 10.4. The van der Waals surface area contributed by atoms with Gasteiger partial charge in [0.05, 0.1) is 19.1 Å². The minimum atomic E-state index is -1.13. The molecule has 0 saturated carbocycles. The van der Waals surface area contributed by atoms with Gasteiger partial charge < -0.3 is 24.6 Å². The molecule has 0 aliphatic heterocycles. The van der Waals surface area contributed by atoms with Crippen LogP contribution in [0.3, 0.4) is 0 Å². The van der Waals surface area contributed by atoms with Gasteiger partial charge in [0.25, 0.3) is 0 Å². The molecule has 23 heavy (non-hydrogen) atoms. The van der Waals surface area contributed by atoms with E-state index in [9.17, 15) is 5.11 Å². The van der Waals surface area contributed by atoms with Crippen molar-refractivity contribution in [3.8, 4) is 0 Å². The number of halogens is 1. The third kappa shape index (κ3) is 6.26. The number of nitrogens with one attached hydrogen (secondary N) is 2. The van der Waals surface area contributed by atoms with E-state index in [2.05, 4.69) is 15.6 Å². The lowest BCUT2D eigenvalue weighted by Crippen LogP contribution is -2.39. The molecule has 6 nitrogen and oxygen atoms in total. The van der Waals surface area contributed by atoms with E-state index in [4.69, 9.17) is 8.83 Å². The summed E-state index contributed by atoms with van der Waals surface area (Å²) >= 11 is 0. The molecular formula is C16H24IN3O3. The summed E-state index contributed by atoms with van der Waals surface area (Å²) < 4.78 is 10.5. The van der Waals surface area contributed by atoms with Crippen molar-refractivity contribution in [3.05, 3.63) is 48.3 Å². The molecule has 0 aliphatic rings. The van der Waals surface area contributed by atoms with Gasteiger partial charge in [-0.3, -0.25) is 0 Å². The number of aliphatic hydroxyl groups is 1. The summed E-state index contributed by atoms with van der Waals surface area (Å²) in [5.41, 5.74) is -1.13. The standard InChI is InChI=1S/C16H23N3O3.HI/c1-3-17-15(18-9-8-13-6-4-10-21-13)19-12-16(2,20)14-7-5-11-22-14;/h4-7,10-11,20H,3,8-9,12H2,1-2H3,(H2,17,18,19);1H. The van der Waals surface area contributed by atoms with Crippen molar-refractivity contribution >= 4 is 29.9 Å². The zero-order chi connectivity index (χ0) is 15.8. The van der Waals surface area contributed by atoms with Crippen LogP contribution in [0.4, 0.5) is 0 Å². The van der Waals surface area contributed by atoms with E-state index in [0.717, 1.165) is 18.7 Å². The van der Waals surface area contributed by atoms with Crippen molar-refractivity contribution in [3.63, 3.8) is 0 Å². The molecule has 1 atom stereocenters. The SMILES string of the molecule is CCNC(=NCC(C)(O)c1ccco1)NCCc1ccco1.I. The van der Waals surface area contributed by atoms with Gasteiger partial charge in [-0.15, -0.1) is 24.0 Å². The Morgan fingerprint density at radius 1 is 1.22 bits per heavy atom. The van der Waals surface area contributed by atoms with Gasteiger partial charge in [0.1, 0.15) is 17.1 Å². The molecular weight excluding hydrogens is 409 g/mol. The highest BCUT2D eigenvalue weighted by molar-refractivity contribution is 14.0. The number of hydrogen-bond donors (Lipinski definition) is 3. The fraction of sp³-hybridized carbons (Fsp3) is 0.438. The summed E-state index contributed by atoms with van der Waals surface area (Å²) in [4.78, 5) is 4.41. The number of rotatable bonds is 7. The Labute approximate surface area is 153 Å². The molecule has 2 aromatic heterocycles. The lowest BCUT2D eigenvalue weighted by atomic mass is 10.0. The van der Waals surface area contributed by atoms with Crippen molar-refractivity contribution in [2.45, 2.75) is 25.9 Å². The first-order valence-electron chi connectivity index (χ1n) is 7.43. The van der Waals surface area contributed by atoms with Crippen LogP contribution >= 0.6 is 24.0 Å². The summed E-state index contributed by atoms with van der Waals surface area (Å²) in [5.74, 6) is 2.08. The normalized spacial score (nSPS) is 14.0. The quantitative estimate of drug-likeness (QED) is 0.355. The summed E-state index contributed by atoms with van der Waals surface area (Å²) in [5, 5.41) is 16.8. The van der Waals surface area contributed by atoms with Gasteiger partial charge >= 0.3 is 0 Å². The van der Waals surface area contributed by atoms with Gasteiger partial charge in [-0.2, -0.15) is 0 Å². The van der Waals surface area contributed by atoms with Gasteiger partial charge in [-0.1, -0.05) is 0 Å². The number of nitrogens with zero attached hydrogens (tertiary/aromatic N) is 1. The molecule has 0 amide bonds. The number of aliphatic imine (C=N–C) groups is 1. The molecule has 2 aromatic rings. The van der Waals surface area contributed by atoms with Crippen LogP contribution in [-0.4, -0.2) is 30.7 Å². The minimum absolute atomic E-state index is 0. The number of guanidine groups is 1. The van der Waals surface area contributed by atoms with Crippen molar-refractivity contribution in [2.75, 3.05) is 19.6 Å². The Kier molecular flexibility index (Phi) is 8.18. The van der Waals surface area contributed by atoms with Crippen LogP contribution in [0.25, 0.3) is 0 Å². The molecule has 0 aliphatic carbocycles. The van der Waals surface area contributed by atoms with Crippen LogP contribution < -0.4 is 10.6 Å². The first-order chi connectivity index (χ1) is 10.6. The zero-order valence-electron chi connectivity index (χ0n) is 13.4. The Morgan fingerprint density at radius 2 is 1.96 bits per heavy atom. The summed E-state index contributed by atoms with van der Waals surface area (Å²) in [6, 6.07) is 7.30. The molecule has 0 spiro atoms. The van der Waals surface area contributed by atoms with Crippen molar-refractivity contribution in [2.24, 2.45) is 4.99 Å². The highest BCUT2D eigenvalue weighted by atomic mass is 127. The van der Waals surface area contributed by atoms with E-state index in [-0.39, 0.29) is 30.5 Å². The van der Waals surface area contributed by atoms with Gasteiger partial charge in [0.15, 0.2) is 5.96 Å². The fourth-order valence-corrected chi connectivity index (χ4v) is 2.00. The van der Waals surface area contributed by atoms with Gasteiger partial charge in [-0.25, -0.2) is 4.99 Å². The Hall–Kier alpha value is -1.48. The van der Waals surface area contributed by atoms with E-state index in [0.29, 0.717) is 18.3 Å². The van der Waals surface area contributed by atoms with Gasteiger partial charge in [0, 0.05) is 19.5 Å². The molecule has 0 aromatic carbocycles. The lowest BCUT2D eigenvalue weighted by Gasteiger charge is -2.19. The van der Waals surface area contributed by atoms with Crippen LogP contribution in [0, 0.1) is 0 Å². The summed E-state index contributed by atoms with van der Waals surface area (Å²) in [7, 11) is 0. The molecule has 3 N–H and O–H groups in total. The molecule has 0 fully saturated rings. The first kappa shape index (κ1) is 19.6. The molecule has 0 bridgehead atoms. The van der Waals surface area contributed by atoms with E-state index in [1.54, 1.807) is 31.6 Å². The number of furan rings is 2. The summed E-state index contributed by atoms with van der Waals surface area (Å²) in [6.45, 7) is 5.32. The van der Waals surface area contributed by atoms with Crippen molar-refractivity contribution in [1.29, 1.82) is 0 Å². The molecule has 2 rings (SSSR count). The van der Waals surface area contributed by atoms with Crippen LogP contribution in [0.1, 0.15) is 25.4 Å². The maximum absolute atomic E-state index is 10.4. The predicted octanol–water partition coefficient (Wildman–Crippen LogP) is 2.50. The Morgan fingerprint density at radius 3 is 2.57 bits per heavy atom. The fourth-order valence-electron chi connectivity index (χ4n) is 2.00. The molecule has 128 valence electrons. The van der Waals surface area contributed by atoms with Gasteiger partial charge in [0.2, 0.25) is 0 Å². The Bertz CT molecular complexity index is 565. The second-order valence-electron chi connectivity index (χ2n) is 5.20. The van der Waals surface area contributed by atoms with Crippen molar-refractivity contribution in [1.82, 2.24) is 10.6 Å². The summed E-state index contributed by atoms with van der Waals surface area (Å²) in [6.07, 6.45) is 3.97. The Balaban J connectivity index is 0.00000264. The van der Waals surface area contributed by atoms with Crippen molar-refractivity contribution < 1.29 is 13.9 Å². The van der Waals surface area contributed by atoms with Crippen LogP contribution in [0.5, 0.6) is 0 Å². The smallest absolute Gasteiger partial charge is 0.191 e. The molecule has 7 heteroatoms. The van der Waals surface area contributed by atoms with Crippen LogP contribution in [0.15, 0.2) is 50.6 Å². The molecule has 2 heterocycles. The lowest BCUT2D eigenvalue weighted by molar-refractivity contribution is 0.0437. The van der Waals surface area contributed by atoms with Gasteiger partial charge in [-0.05, 0) is 38.1 Å². The topological polar surface area (TPSA) is 82.9 Å². The average molecular weight is 433 g/mol. The van der Waals surface area contributed by atoms with Crippen LogP contribution in [0.2, 0.25) is 0 Å².